The molecule has 0 atom stereocenters. The van der Waals surface area contributed by atoms with Gasteiger partial charge in [0.05, 0.1) is 8.52 Å². The van der Waals surface area contributed by atoms with Crippen molar-refractivity contribution in [3.63, 3.8) is 0 Å². The van der Waals surface area contributed by atoms with E-state index in [0.717, 1.165) is 6.07 Å². The van der Waals surface area contributed by atoms with Crippen molar-refractivity contribution in [3.05, 3.63) is 118 Å². The second kappa shape index (κ2) is 16.2. The van der Waals surface area contributed by atoms with Gasteiger partial charge in [-0.1, -0.05) is 12.1 Å². The number of aromatic hydroxyl groups is 1. The lowest BCUT2D eigenvalue weighted by Crippen LogP contribution is -2.14. The Labute approximate surface area is 233 Å². The Morgan fingerprint density at radius 3 is 1.33 bits per heavy atom. The zero-order chi connectivity index (χ0) is 33.7. The van der Waals surface area contributed by atoms with E-state index in [9.17, 15) is 57.9 Å². The highest BCUT2D eigenvalue weighted by Crippen LogP contribution is 2.30. The molecule has 0 aliphatic rings. The highest BCUT2D eigenvalue weighted by atomic mass is 19.2. The van der Waals surface area contributed by atoms with Crippen molar-refractivity contribution < 1.29 is 74.2 Å². The number of phenolic OH excluding ortho intramolecular Hbond substituents is 1. The number of hydrogen-bond acceptors (Lipinski definition) is 6. The number of carboxylic acid groups (broad SMARTS) is 1. The molecule has 230 valence electrons. The van der Waals surface area contributed by atoms with E-state index in [0.29, 0.717) is 0 Å². The molecule has 4 rings (SSSR count). The molecule has 7 nitrogen and oxygen atoms in total. The first-order valence-corrected chi connectivity index (χ1v) is 10.5. The molecule has 0 aliphatic carbocycles. The summed E-state index contributed by atoms with van der Waals surface area (Å²) in [6.07, 6.45) is 2.64. The number of carbonyl (C=O) groups is 2. The minimum atomic E-state index is -2.34. The summed E-state index contributed by atoms with van der Waals surface area (Å²) < 4.78 is 145. The van der Waals surface area contributed by atoms with Gasteiger partial charge in [0.1, 0.15) is 11.4 Å². The average Bonchev–Trinajstić information content (AvgIpc) is 3.03. The third-order valence-corrected chi connectivity index (χ3v) is 4.31. The van der Waals surface area contributed by atoms with Gasteiger partial charge in [0, 0.05) is 12.4 Å². The maximum absolute atomic E-state index is 13.3. The zero-order valence-corrected chi connectivity index (χ0v) is 20.5. The monoisotopic (exact) mass is 631 g/mol. The van der Waals surface area contributed by atoms with Crippen molar-refractivity contribution in [1.82, 2.24) is 9.97 Å². The Morgan fingerprint density at radius 2 is 1.00 bits per heavy atom. The van der Waals surface area contributed by atoms with E-state index >= 15 is 0 Å². The maximum atomic E-state index is 13.3. The minimum Gasteiger partial charge on any atom is -0.503 e. The predicted molar refractivity (Wildman–Crippen MR) is 122 cm³/mol. The molecule has 2 N–H and O–H groups in total. The van der Waals surface area contributed by atoms with E-state index in [1.54, 1.807) is 12.1 Å². The number of aromatic nitrogens is 2. The molecule has 0 unspecified atom stereocenters. The number of rotatable bonds is 3. The molecule has 2 aromatic heterocycles. The molecule has 43 heavy (non-hydrogen) atoms. The molecular weight excluding hydrogens is 617 g/mol. The molecule has 0 bridgehead atoms. The zero-order valence-electron chi connectivity index (χ0n) is 21.5. The first-order valence-electron chi connectivity index (χ1n) is 11.2. The Kier molecular flexibility index (Phi) is 12.8. The van der Waals surface area contributed by atoms with Gasteiger partial charge in [-0.05, 0) is 24.3 Å². The number of benzene rings is 2. The van der Waals surface area contributed by atoms with Crippen LogP contribution >= 0.6 is 0 Å². The van der Waals surface area contributed by atoms with Gasteiger partial charge in [-0.2, -0.15) is 17.6 Å². The summed E-state index contributed by atoms with van der Waals surface area (Å²) in [4.78, 5) is 28.7. The summed E-state index contributed by atoms with van der Waals surface area (Å²) in [6, 6.07) is 8.73. The van der Waals surface area contributed by atoms with E-state index in [2.05, 4.69) is 14.7 Å². The van der Waals surface area contributed by atoms with Gasteiger partial charge in [0.2, 0.25) is 63.9 Å². The summed E-state index contributed by atoms with van der Waals surface area (Å²) in [6.45, 7) is 0. The van der Waals surface area contributed by atoms with Gasteiger partial charge in [0.25, 0.3) is 0 Å². The smallest absolute Gasteiger partial charge is 0.362 e. The lowest BCUT2D eigenvalue weighted by Gasteiger charge is -2.08. The lowest BCUT2D eigenvalue weighted by atomic mass is 10.2. The van der Waals surface area contributed by atoms with Crippen molar-refractivity contribution >= 4 is 11.9 Å². The van der Waals surface area contributed by atoms with E-state index in [1.807, 2.05) is 0 Å². The van der Waals surface area contributed by atoms with Gasteiger partial charge in [-0.3, -0.25) is 4.39 Å². The average molecular weight is 631 g/mol. The second-order valence-corrected chi connectivity index (χ2v) is 6.94. The number of ether oxygens (including phenoxy) is 1. The summed E-state index contributed by atoms with van der Waals surface area (Å²) >= 11 is 0. The molecular formula is C25H13F11N2O5. The minimum absolute atomic E-state index is 0.0810. The fraction of sp³-hybridized carbons (Fsp3) is 0.0400. The molecule has 0 aliphatic heterocycles. The normalized spacial score (nSPS) is 10.1. The van der Waals surface area contributed by atoms with Crippen LogP contribution in [-0.4, -0.2) is 39.3 Å². The van der Waals surface area contributed by atoms with Crippen LogP contribution in [0, 0.1) is 58.2 Å². The van der Waals surface area contributed by atoms with Gasteiger partial charge in [-0.25, -0.2) is 45.9 Å². The largest absolute Gasteiger partial charge is 0.503 e. The van der Waals surface area contributed by atoms with E-state index in [-0.39, 0.29) is 11.4 Å². The van der Waals surface area contributed by atoms with Crippen molar-refractivity contribution in [3.8, 4) is 11.5 Å². The predicted octanol–water partition coefficient (Wildman–Crippen LogP) is 6.45. The van der Waals surface area contributed by atoms with E-state index < -0.39 is 88.8 Å². The van der Waals surface area contributed by atoms with Crippen LogP contribution in [0.25, 0.3) is 0 Å². The lowest BCUT2D eigenvalue weighted by molar-refractivity contribution is 0.0686. The van der Waals surface area contributed by atoms with Crippen LogP contribution in [0.15, 0.2) is 48.8 Å². The Bertz CT molecular complexity index is 1470. The first kappa shape index (κ1) is 33.9. The van der Waals surface area contributed by atoms with E-state index in [1.165, 1.54) is 30.6 Å². The fourth-order valence-electron chi connectivity index (χ4n) is 2.39. The highest BCUT2D eigenvalue weighted by Gasteiger charge is 2.29. The summed E-state index contributed by atoms with van der Waals surface area (Å²) in [5.41, 5.74) is -0.269. The first-order chi connectivity index (χ1) is 20.6. The Hall–Kier alpha value is -5.29. The Morgan fingerprint density at radius 1 is 0.651 bits per heavy atom. The number of aromatic carboxylic acids is 1. The third-order valence-electron chi connectivity index (χ3n) is 4.31. The number of nitrogens with zero attached hydrogens (tertiary/aromatic N) is 2. The van der Waals surface area contributed by atoms with Gasteiger partial charge < -0.3 is 14.9 Å². The molecule has 4 aromatic rings. The quantitative estimate of drug-likeness (QED) is 0.0880. The number of esters is 1. The number of carboxylic acids is 1. The molecule has 2 heterocycles. The van der Waals surface area contributed by atoms with Crippen molar-refractivity contribution in [2.75, 3.05) is 7.15 Å². The maximum Gasteiger partial charge on any atom is 0.362 e. The number of hydrogen-bond donors (Lipinski definition) is 2. The van der Waals surface area contributed by atoms with Crippen LogP contribution in [0.5, 0.6) is 11.5 Å². The molecule has 0 spiro atoms. The number of halogens is 11. The fourth-order valence-corrected chi connectivity index (χ4v) is 2.39. The SMILES string of the molecule is O=C(O)c1ccccn1.O=C(Oc1c(F)c(F)c(F)c(F)c1F)c1ccccn1.Oc1c(F)c(F)c(F)c(F)c1F.[2H]CF. The van der Waals surface area contributed by atoms with Crippen LogP contribution in [-0.2, 0) is 0 Å². The molecule has 0 amide bonds. The molecule has 2 aromatic carbocycles. The molecule has 18 heteroatoms. The van der Waals surface area contributed by atoms with Crippen LogP contribution in [0.3, 0.4) is 0 Å². The van der Waals surface area contributed by atoms with Crippen LogP contribution in [0.2, 0.25) is 0 Å². The van der Waals surface area contributed by atoms with Gasteiger partial charge in [-0.15, -0.1) is 0 Å². The standard InChI is InChI=1S/C12H4F5NO2.C6HF5O.C6H5NO2.CH3F/c13-6-7(14)9(16)11(10(17)8(6)15)20-12(19)5-3-1-2-4-18-5;7-1-2(8)4(10)6(12)5(11)3(1)9;8-6(9)5-3-1-2-4-7-5;1-2/h1-4H;12H;1-4H,(H,8,9);1H3/i;;;1D. The number of pyridine rings is 2. The second-order valence-electron chi connectivity index (χ2n) is 6.94. The van der Waals surface area contributed by atoms with Crippen LogP contribution in [0.1, 0.15) is 22.3 Å². The van der Waals surface area contributed by atoms with Crippen molar-refractivity contribution in [2.24, 2.45) is 0 Å². The number of alkyl halides is 1. The molecule has 0 saturated heterocycles. The molecule has 0 fully saturated rings. The third kappa shape index (κ3) is 8.85. The summed E-state index contributed by atoms with van der Waals surface area (Å²) in [5, 5.41) is 16.6. The van der Waals surface area contributed by atoms with Crippen LogP contribution < -0.4 is 4.74 Å². The van der Waals surface area contributed by atoms with Crippen molar-refractivity contribution in [2.45, 2.75) is 0 Å². The Balaban J connectivity index is 0.000000342. The van der Waals surface area contributed by atoms with Crippen molar-refractivity contribution in [1.29, 1.82) is 0 Å². The van der Waals surface area contributed by atoms with Crippen LogP contribution in [0.4, 0.5) is 48.3 Å². The molecule has 0 saturated carbocycles. The topological polar surface area (TPSA) is 110 Å². The molecule has 0 radical (unpaired) electrons. The van der Waals surface area contributed by atoms with Gasteiger partial charge in [0.15, 0.2) is 5.75 Å². The summed E-state index contributed by atoms with van der Waals surface area (Å²) in [7, 11) is -1.00. The number of phenols is 1. The number of carbonyl (C=O) groups excluding carboxylic acids is 1. The highest BCUT2D eigenvalue weighted by molar-refractivity contribution is 5.89. The van der Waals surface area contributed by atoms with E-state index in [4.69, 9.17) is 11.6 Å². The summed E-state index contributed by atoms with van der Waals surface area (Å²) in [5.74, 6) is -28.2. The van der Waals surface area contributed by atoms with Gasteiger partial charge >= 0.3 is 11.9 Å².